The molecule has 0 saturated carbocycles. The second-order valence-corrected chi connectivity index (χ2v) is 5.18. The quantitative estimate of drug-likeness (QED) is 0.798. The van der Waals surface area contributed by atoms with E-state index in [0.717, 1.165) is 22.7 Å². The standard InChI is InChI=1S/C13H18N2O/c1-9-6-5-7-11-14-12(13(2,3)4)10(8-16)15(9)11/h5-7,16H,8H2,1-4H3. The van der Waals surface area contributed by atoms with E-state index in [0.29, 0.717) is 0 Å². The van der Waals surface area contributed by atoms with Crippen molar-refractivity contribution in [2.24, 2.45) is 0 Å². The molecular formula is C13H18N2O. The number of rotatable bonds is 1. The van der Waals surface area contributed by atoms with Crippen LogP contribution in [0.1, 0.15) is 37.9 Å². The van der Waals surface area contributed by atoms with Gasteiger partial charge in [0.05, 0.1) is 18.0 Å². The second kappa shape index (κ2) is 3.59. The lowest BCUT2D eigenvalue weighted by Crippen LogP contribution is -2.15. The number of imidazole rings is 1. The van der Waals surface area contributed by atoms with Gasteiger partial charge in [0.1, 0.15) is 5.65 Å². The molecule has 0 aliphatic rings. The molecule has 0 bridgehead atoms. The Labute approximate surface area is 95.8 Å². The molecule has 1 N–H and O–H groups in total. The third-order valence-electron chi connectivity index (χ3n) is 2.79. The molecule has 0 saturated heterocycles. The number of pyridine rings is 1. The first-order valence-corrected chi connectivity index (χ1v) is 5.53. The van der Waals surface area contributed by atoms with Gasteiger partial charge in [0.2, 0.25) is 0 Å². The number of fused-ring (bicyclic) bond motifs is 1. The summed E-state index contributed by atoms with van der Waals surface area (Å²) in [5, 5.41) is 9.53. The Balaban J connectivity index is 2.83. The number of aryl methyl sites for hydroxylation is 1. The minimum Gasteiger partial charge on any atom is -0.390 e. The largest absolute Gasteiger partial charge is 0.390 e. The van der Waals surface area contributed by atoms with Crippen LogP contribution in [0.5, 0.6) is 0 Å². The summed E-state index contributed by atoms with van der Waals surface area (Å²) in [7, 11) is 0. The van der Waals surface area contributed by atoms with E-state index in [4.69, 9.17) is 0 Å². The van der Waals surface area contributed by atoms with Crippen LogP contribution in [0.15, 0.2) is 18.2 Å². The molecule has 0 aromatic carbocycles. The van der Waals surface area contributed by atoms with Crippen molar-refractivity contribution in [3.05, 3.63) is 35.3 Å². The van der Waals surface area contributed by atoms with Gasteiger partial charge in [-0.3, -0.25) is 4.40 Å². The molecule has 2 rings (SSSR count). The van der Waals surface area contributed by atoms with E-state index in [2.05, 4.69) is 25.8 Å². The van der Waals surface area contributed by atoms with Crippen LogP contribution in [0.25, 0.3) is 5.65 Å². The molecule has 0 spiro atoms. The zero-order valence-corrected chi connectivity index (χ0v) is 10.3. The van der Waals surface area contributed by atoms with Crippen molar-refractivity contribution >= 4 is 5.65 Å². The lowest BCUT2D eigenvalue weighted by atomic mass is 9.91. The minimum atomic E-state index is -0.0451. The second-order valence-electron chi connectivity index (χ2n) is 5.18. The van der Waals surface area contributed by atoms with Gasteiger partial charge in [0.15, 0.2) is 0 Å². The van der Waals surface area contributed by atoms with Crippen molar-refractivity contribution in [2.75, 3.05) is 0 Å². The molecular weight excluding hydrogens is 200 g/mol. The van der Waals surface area contributed by atoms with E-state index < -0.39 is 0 Å². The lowest BCUT2D eigenvalue weighted by molar-refractivity contribution is 0.272. The van der Waals surface area contributed by atoms with Gasteiger partial charge in [-0.1, -0.05) is 26.8 Å². The van der Waals surface area contributed by atoms with E-state index in [9.17, 15) is 5.11 Å². The summed E-state index contributed by atoms with van der Waals surface area (Å²) in [5.41, 5.74) is 3.85. The van der Waals surface area contributed by atoms with Crippen molar-refractivity contribution < 1.29 is 5.11 Å². The number of hydrogen-bond donors (Lipinski definition) is 1. The Bertz CT molecular complexity index is 520. The summed E-state index contributed by atoms with van der Waals surface area (Å²) in [6, 6.07) is 5.99. The van der Waals surface area contributed by atoms with Gasteiger partial charge in [0.25, 0.3) is 0 Å². The van der Waals surface area contributed by atoms with Gasteiger partial charge in [-0.25, -0.2) is 4.98 Å². The number of aliphatic hydroxyl groups excluding tert-OH is 1. The molecule has 0 atom stereocenters. The van der Waals surface area contributed by atoms with Crippen LogP contribution in [-0.2, 0) is 12.0 Å². The van der Waals surface area contributed by atoms with Gasteiger partial charge < -0.3 is 5.11 Å². The fourth-order valence-electron chi connectivity index (χ4n) is 2.07. The third-order valence-corrected chi connectivity index (χ3v) is 2.79. The molecule has 2 heterocycles. The molecule has 0 unspecified atom stereocenters. The maximum atomic E-state index is 9.53. The molecule has 0 amide bonds. The van der Waals surface area contributed by atoms with Crippen molar-refractivity contribution in [1.82, 2.24) is 9.38 Å². The normalized spacial score (nSPS) is 12.3. The fraction of sp³-hybridized carbons (Fsp3) is 0.462. The molecule has 16 heavy (non-hydrogen) atoms. The average Bonchev–Trinajstić information content (AvgIpc) is 2.57. The molecule has 0 aliphatic carbocycles. The zero-order valence-electron chi connectivity index (χ0n) is 10.3. The summed E-state index contributed by atoms with van der Waals surface area (Å²) in [4.78, 5) is 4.62. The van der Waals surface area contributed by atoms with Crippen LogP contribution < -0.4 is 0 Å². The van der Waals surface area contributed by atoms with Crippen LogP contribution >= 0.6 is 0 Å². The Morgan fingerprint density at radius 2 is 2.00 bits per heavy atom. The molecule has 3 heteroatoms. The summed E-state index contributed by atoms with van der Waals surface area (Å²) >= 11 is 0. The summed E-state index contributed by atoms with van der Waals surface area (Å²) in [5.74, 6) is 0. The van der Waals surface area contributed by atoms with Crippen LogP contribution in [-0.4, -0.2) is 14.5 Å². The van der Waals surface area contributed by atoms with E-state index in [1.165, 1.54) is 0 Å². The summed E-state index contributed by atoms with van der Waals surface area (Å²) in [6.07, 6.45) is 0. The summed E-state index contributed by atoms with van der Waals surface area (Å²) < 4.78 is 2.03. The first-order valence-electron chi connectivity index (χ1n) is 5.53. The number of hydrogen-bond acceptors (Lipinski definition) is 2. The first kappa shape index (κ1) is 11.1. The summed E-state index contributed by atoms with van der Waals surface area (Å²) in [6.45, 7) is 8.40. The smallest absolute Gasteiger partial charge is 0.137 e. The molecule has 0 fully saturated rings. The predicted octanol–water partition coefficient (Wildman–Crippen LogP) is 2.43. The van der Waals surface area contributed by atoms with Crippen molar-refractivity contribution in [3.8, 4) is 0 Å². The topological polar surface area (TPSA) is 37.5 Å². The molecule has 0 aliphatic heterocycles. The maximum absolute atomic E-state index is 9.53. The van der Waals surface area contributed by atoms with Gasteiger partial charge in [0, 0.05) is 11.1 Å². The van der Waals surface area contributed by atoms with Gasteiger partial charge >= 0.3 is 0 Å². The maximum Gasteiger partial charge on any atom is 0.137 e. The minimum absolute atomic E-state index is 0.0264. The van der Waals surface area contributed by atoms with E-state index in [-0.39, 0.29) is 12.0 Å². The van der Waals surface area contributed by atoms with Crippen molar-refractivity contribution in [3.63, 3.8) is 0 Å². The van der Waals surface area contributed by atoms with Gasteiger partial charge in [-0.15, -0.1) is 0 Å². The van der Waals surface area contributed by atoms with E-state index >= 15 is 0 Å². The Morgan fingerprint density at radius 3 is 2.56 bits per heavy atom. The lowest BCUT2D eigenvalue weighted by Gasteiger charge is -2.17. The van der Waals surface area contributed by atoms with Crippen LogP contribution in [0.4, 0.5) is 0 Å². The highest BCUT2D eigenvalue weighted by atomic mass is 16.3. The van der Waals surface area contributed by atoms with E-state index in [1.807, 2.05) is 29.5 Å². The number of aliphatic hydroxyl groups is 1. The average molecular weight is 218 g/mol. The fourth-order valence-corrected chi connectivity index (χ4v) is 2.07. The van der Waals surface area contributed by atoms with Crippen LogP contribution in [0.2, 0.25) is 0 Å². The van der Waals surface area contributed by atoms with E-state index in [1.54, 1.807) is 0 Å². The molecule has 2 aromatic heterocycles. The Kier molecular flexibility index (Phi) is 2.50. The highest BCUT2D eigenvalue weighted by Crippen LogP contribution is 2.27. The SMILES string of the molecule is Cc1cccc2nc(C(C)(C)C)c(CO)n12. The monoisotopic (exact) mass is 218 g/mol. The Hall–Kier alpha value is -1.35. The van der Waals surface area contributed by atoms with Crippen LogP contribution in [0, 0.1) is 6.92 Å². The zero-order chi connectivity index (χ0) is 11.9. The molecule has 2 aromatic rings. The molecule has 0 radical (unpaired) electrons. The Morgan fingerprint density at radius 1 is 1.31 bits per heavy atom. The first-order chi connectivity index (χ1) is 7.45. The van der Waals surface area contributed by atoms with Crippen molar-refractivity contribution in [2.45, 2.75) is 39.7 Å². The van der Waals surface area contributed by atoms with Crippen LogP contribution in [0.3, 0.4) is 0 Å². The highest BCUT2D eigenvalue weighted by molar-refractivity contribution is 5.46. The molecule has 3 nitrogen and oxygen atoms in total. The highest BCUT2D eigenvalue weighted by Gasteiger charge is 2.23. The number of nitrogens with zero attached hydrogens (tertiary/aromatic N) is 2. The predicted molar refractivity (Wildman–Crippen MR) is 64.6 cm³/mol. The van der Waals surface area contributed by atoms with Gasteiger partial charge in [-0.05, 0) is 19.1 Å². The van der Waals surface area contributed by atoms with Gasteiger partial charge in [-0.2, -0.15) is 0 Å². The van der Waals surface area contributed by atoms with Crippen molar-refractivity contribution in [1.29, 1.82) is 0 Å². The molecule has 86 valence electrons. The number of aromatic nitrogens is 2. The third kappa shape index (κ3) is 1.61.